The molecule has 0 radical (unpaired) electrons. The first-order valence-corrected chi connectivity index (χ1v) is 7.85. The first-order chi connectivity index (χ1) is 11.1. The zero-order chi connectivity index (χ0) is 16.4. The molecule has 0 spiro atoms. The molecule has 0 aliphatic heterocycles. The van der Waals surface area contributed by atoms with Gasteiger partial charge in [-0.1, -0.05) is 6.07 Å². The van der Waals surface area contributed by atoms with Gasteiger partial charge in [0.25, 0.3) is 5.91 Å². The Labute approximate surface area is 135 Å². The number of nitrogens with one attached hydrogen (secondary N) is 1. The zero-order valence-electron chi connectivity index (χ0n) is 12.2. The minimum absolute atomic E-state index is 0.0883. The van der Waals surface area contributed by atoms with Crippen molar-refractivity contribution in [2.45, 2.75) is 6.92 Å². The molecule has 2 heterocycles. The Bertz CT molecular complexity index is 843. The van der Waals surface area contributed by atoms with Gasteiger partial charge in [0.2, 0.25) is 0 Å². The van der Waals surface area contributed by atoms with Gasteiger partial charge in [0.05, 0.1) is 10.6 Å². The maximum Gasteiger partial charge on any atom is 0.271 e. The second-order valence-corrected chi connectivity index (χ2v) is 5.71. The largest absolute Gasteiger partial charge is 0.351 e. The highest BCUT2D eigenvalue weighted by molar-refractivity contribution is 7.13. The van der Waals surface area contributed by atoms with Crippen molar-refractivity contribution in [1.29, 1.82) is 0 Å². The molecule has 23 heavy (non-hydrogen) atoms. The number of rotatable bonds is 4. The van der Waals surface area contributed by atoms with Crippen molar-refractivity contribution in [2.75, 3.05) is 6.54 Å². The highest BCUT2D eigenvalue weighted by atomic mass is 32.1. The summed E-state index contributed by atoms with van der Waals surface area (Å²) in [6.07, 6.45) is 0. The summed E-state index contributed by atoms with van der Waals surface area (Å²) in [4.78, 5) is 12.8. The summed E-state index contributed by atoms with van der Waals surface area (Å²) in [7, 11) is 0. The number of carbonyl (C=O) groups excluding carboxylic acids is 1. The molecule has 4 nitrogen and oxygen atoms in total. The number of nitrogens with zero attached hydrogens (tertiary/aromatic N) is 2. The van der Waals surface area contributed by atoms with Gasteiger partial charge >= 0.3 is 0 Å². The summed E-state index contributed by atoms with van der Waals surface area (Å²) >= 11 is 1.44. The molecule has 2 aromatic heterocycles. The van der Waals surface area contributed by atoms with Crippen LogP contribution in [0, 0.1) is 11.6 Å². The third-order valence-electron chi connectivity index (χ3n) is 3.19. The van der Waals surface area contributed by atoms with Crippen LogP contribution in [0.2, 0.25) is 0 Å². The van der Waals surface area contributed by atoms with Gasteiger partial charge in [0.1, 0.15) is 11.5 Å². The van der Waals surface area contributed by atoms with E-state index in [9.17, 15) is 13.6 Å². The van der Waals surface area contributed by atoms with Crippen molar-refractivity contribution >= 4 is 17.2 Å². The molecule has 0 saturated heterocycles. The van der Waals surface area contributed by atoms with Crippen molar-refractivity contribution in [3.05, 3.63) is 59.1 Å². The minimum Gasteiger partial charge on any atom is -0.351 e. The monoisotopic (exact) mass is 333 g/mol. The van der Waals surface area contributed by atoms with Gasteiger partial charge in [-0.05, 0) is 36.6 Å². The fourth-order valence-electron chi connectivity index (χ4n) is 2.18. The molecule has 3 rings (SSSR count). The highest BCUT2D eigenvalue weighted by Crippen LogP contribution is 2.29. The standard InChI is InChI=1S/C16H13F2N3OS/c1-2-19-16(22)12-9-14(15-4-3-7-23-15)21(20-12)13-6-5-10(17)8-11(13)18/h3-9H,2H2,1H3,(H,19,22). The summed E-state index contributed by atoms with van der Waals surface area (Å²) in [5.74, 6) is -1.75. The molecule has 1 aromatic carbocycles. The van der Waals surface area contributed by atoms with Crippen LogP contribution in [0.25, 0.3) is 16.3 Å². The summed E-state index contributed by atoms with van der Waals surface area (Å²) in [6.45, 7) is 2.26. The van der Waals surface area contributed by atoms with E-state index in [0.717, 1.165) is 17.0 Å². The third-order valence-corrected chi connectivity index (χ3v) is 4.08. The molecule has 7 heteroatoms. The average molecular weight is 333 g/mol. The van der Waals surface area contributed by atoms with E-state index in [4.69, 9.17) is 0 Å². The van der Waals surface area contributed by atoms with E-state index in [2.05, 4.69) is 10.4 Å². The molecule has 0 atom stereocenters. The molecule has 0 bridgehead atoms. The average Bonchev–Trinajstić information content (AvgIpc) is 3.16. The van der Waals surface area contributed by atoms with E-state index in [1.54, 1.807) is 13.0 Å². The first-order valence-electron chi connectivity index (χ1n) is 6.97. The molecule has 1 amide bonds. The molecule has 118 valence electrons. The number of amides is 1. The fraction of sp³-hybridized carbons (Fsp3) is 0.125. The Kier molecular flexibility index (Phi) is 4.20. The molecule has 0 aliphatic carbocycles. The lowest BCUT2D eigenvalue weighted by Crippen LogP contribution is -2.23. The maximum absolute atomic E-state index is 14.1. The predicted octanol–water partition coefficient (Wildman–Crippen LogP) is 3.63. The zero-order valence-corrected chi connectivity index (χ0v) is 13.0. The van der Waals surface area contributed by atoms with Crippen molar-refractivity contribution in [1.82, 2.24) is 15.1 Å². The number of carbonyl (C=O) groups is 1. The Morgan fingerprint density at radius 1 is 1.30 bits per heavy atom. The fourth-order valence-corrected chi connectivity index (χ4v) is 2.91. The van der Waals surface area contributed by atoms with Crippen LogP contribution >= 0.6 is 11.3 Å². The Morgan fingerprint density at radius 3 is 2.78 bits per heavy atom. The normalized spacial score (nSPS) is 10.7. The second kappa shape index (κ2) is 6.29. The molecular formula is C16H13F2N3OS. The van der Waals surface area contributed by atoms with Gasteiger partial charge in [-0.25, -0.2) is 13.5 Å². The second-order valence-electron chi connectivity index (χ2n) is 4.76. The van der Waals surface area contributed by atoms with Gasteiger partial charge in [0, 0.05) is 12.6 Å². The van der Waals surface area contributed by atoms with E-state index in [1.165, 1.54) is 22.1 Å². The van der Waals surface area contributed by atoms with Gasteiger partial charge in [-0.2, -0.15) is 5.10 Å². The van der Waals surface area contributed by atoms with Crippen LogP contribution in [-0.2, 0) is 0 Å². The van der Waals surface area contributed by atoms with E-state index in [1.807, 2.05) is 17.5 Å². The lowest BCUT2D eigenvalue weighted by Gasteiger charge is -2.07. The minimum atomic E-state index is -0.742. The van der Waals surface area contributed by atoms with Crippen LogP contribution in [0.1, 0.15) is 17.4 Å². The number of hydrogen-bond donors (Lipinski definition) is 1. The number of hydrogen-bond acceptors (Lipinski definition) is 3. The molecule has 0 fully saturated rings. The topological polar surface area (TPSA) is 46.9 Å². The lowest BCUT2D eigenvalue weighted by atomic mass is 10.2. The van der Waals surface area contributed by atoms with E-state index in [0.29, 0.717) is 12.2 Å². The van der Waals surface area contributed by atoms with Crippen molar-refractivity contribution in [2.24, 2.45) is 0 Å². The lowest BCUT2D eigenvalue weighted by molar-refractivity contribution is 0.0950. The molecular weight excluding hydrogens is 320 g/mol. The number of halogens is 2. The molecule has 1 N–H and O–H groups in total. The summed E-state index contributed by atoms with van der Waals surface area (Å²) in [6, 6.07) is 8.55. The van der Waals surface area contributed by atoms with Gasteiger partial charge in [-0.15, -0.1) is 11.3 Å². The van der Waals surface area contributed by atoms with Crippen molar-refractivity contribution < 1.29 is 13.6 Å². The quantitative estimate of drug-likeness (QED) is 0.792. The van der Waals surface area contributed by atoms with E-state index < -0.39 is 11.6 Å². The molecule has 0 saturated carbocycles. The molecule has 0 aliphatic rings. The Hall–Kier alpha value is -2.54. The van der Waals surface area contributed by atoms with Crippen LogP contribution < -0.4 is 5.32 Å². The van der Waals surface area contributed by atoms with Crippen LogP contribution in [0.3, 0.4) is 0 Å². The Balaban J connectivity index is 2.16. The van der Waals surface area contributed by atoms with Crippen LogP contribution in [0.15, 0.2) is 41.8 Å². The van der Waals surface area contributed by atoms with E-state index >= 15 is 0 Å². The van der Waals surface area contributed by atoms with Gasteiger partial charge in [-0.3, -0.25) is 4.79 Å². The van der Waals surface area contributed by atoms with Crippen molar-refractivity contribution in [3.63, 3.8) is 0 Å². The van der Waals surface area contributed by atoms with E-state index in [-0.39, 0.29) is 17.3 Å². The molecule has 0 unspecified atom stereocenters. The maximum atomic E-state index is 14.1. The first kappa shape index (κ1) is 15.4. The van der Waals surface area contributed by atoms with Crippen LogP contribution in [-0.4, -0.2) is 22.2 Å². The van der Waals surface area contributed by atoms with Crippen LogP contribution in [0.4, 0.5) is 8.78 Å². The molecule has 3 aromatic rings. The van der Waals surface area contributed by atoms with Crippen LogP contribution in [0.5, 0.6) is 0 Å². The van der Waals surface area contributed by atoms with Gasteiger partial charge < -0.3 is 5.32 Å². The predicted molar refractivity (Wildman–Crippen MR) is 84.8 cm³/mol. The summed E-state index contributed by atoms with van der Waals surface area (Å²) in [5, 5.41) is 8.73. The number of aromatic nitrogens is 2. The van der Waals surface area contributed by atoms with Gasteiger partial charge in [0.15, 0.2) is 11.5 Å². The third kappa shape index (κ3) is 3.00. The number of benzene rings is 1. The van der Waals surface area contributed by atoms with Crippen molar-refractivity contribution in [3.8, 4) is 16.3 Å². The number of thiophene rings is 1. The SMILES string of the molecule is CCNC(=O)c1cc(-c2cccs2)n(-c2ccc(F)cc2F)n1. The summed E-state index contributed by atoms with van der Waals surface area (Å²) in [5.41, 5.74) is 0.844. The Morgan fingerprint density at radius 2 is 2.13 bits per heavy atom. The highest BCUT2D eigenvalue weighted by Gasteiger charge is 2.19. The smallest absolute Gasteiger partial charge is 0.271 e. The summed E-state index contributed by atoms with van der Waals surface area (Å²) < 4.78 is 28.6.